The topological polar surface area (TPSA) is 45.2 Å². The quantitative estimate of drug-likeness (QED) is 0.852. The van der Waals surface area contributed by atoms with Crippen LogP contribution in [-0.4, -0.2) is 35.4 Å². The lowest BCUT2D eigenvalue weighted by Crippen LogP contribution is -2.33. The molecule has 94 valence electrons. The number of nitrogens with zero attached hydrogens (tertiary/aromatic N) is 2. The molecule has 0 aromatic carbocycles. The Morgan fingerprint density at radius 1 is 1.53 bits per heavy atom. The van der Waals surface area contributed by atoms with Gasteiger partial charge in [-0.15, -0.1) is 0 Å². The van der Waals surface area contributed by atoms with E-state index >= 15 is 0 Å². The van der Waals surface area contributed by atoms with Gasteiger partial charge in [-0.05, 0) is 32.4 Å². The molecule has 0 unspecified atom stereocenters. The van der Waals surface area contributed by atoms with Crippen LogP contribution in [-0.2, 0) is 0 Å². The highest BCUT2D eigenvalue weighted by Crippen LogP contribution is 2.10. The third kappa shape index (κ3) is 3.73. The first-order valence-electron chi connectivity index (χ1n) is 6.03. The highest BCUT2D eigenvalue weighted by atomic mass is 16.2. The number of carbonyl (C=O) groups excluding carboxylic acids is 1. The van der Waals surface area contributed by atoms with Crippen molar-refractivity contribution in [3.8, 4) is 0 Å². The second kappa shape index (κ2) is 6.23. The van der Waals surface area contributed by atoms with Crippen LogP contribution in [0.15, 0.2) is 18.3 Å². The van der Waals surface area contributed by atoms with Crippen molar-refractivity contribution in [3.05, 3.63) is 24.0 Å². The lowest BCUT2D eigenvalue weighted by molar-refractivity contribution is 0.0749. The molecule has 0 spiro atoms. The molecule has 4 heteroatoms. The van der Waals surface area contributed by atoms with Crippen LogP contribution in [0.2, 0.25) is 0 Å². The average molecular weight is 235 g/mol. The van der Waals surface area contributed by atoms with Crippen LogP contribution in [0, 0.1) is 0 Å². The molecule has 0 atom stereocenters. The fourth-order valence-corrected chi connectivity index (χ4v) is 1.34. The Hall–Kier alpha value is -1.58. The smallest absolute Gasteiger partial charge is 0.272 e. The molecule has 4 nitrogen and oxygen atoms in total. The molecule has 0 saturated carbocycles. The van der Waals surface area contributed by atoms with Gasteiger partial charge in [0, 0.05) is 31.5 Å². The molecule has 1 aromatic rings. The standard InChI is InChI=1S/C13H21N3O/c1-5-7-14-11-6-8-15-12(9-11)13(17)16(4)10(2)3/h6,8-10H,5,7H2,1-4H3,(H,14,15). The summed E-state index contributed by atoms with van der Waals surface area (Å²) < 4.78 is 0. The number of rotatable bonds is 5. The van der Waals surface area contributed by atoms with Crippen molar-refractivity contribution >= 4 is 11.6 Å². The van der Waals surface area contributed by atoms with Crippen LogP contribution in [0.3, 0.4) is 0 Å². The maximum atomic E-state index is 12.0. The van der Waals surface area contributed by atoms with Gasteiger partial charge in [0.05, 0.1) is 0 Å². The van der Waals surface area contributed by atoms with Gasteiger partial charge in [0.2, 0.25) is 0 Å². The molecule has 0 aliphatic rings. The number of anilines is 1. The van der Waals surface area contributed by atoms with E-state index < -0.39 is 0 Å². The summed E-state index contributed by atoms with van der Waals surface area (Å²) in [5.41, 5.74) is 1.43. The van der Waals surface area contributed by atoms with E-state index in [4.69, 9.17) is 0 Å². The fraction of sp³-hybridized carbons (Fsp3) is 0.538. The van der Waals surface area contributed by atoms with Gasteiger partial charge in [0.15, 0.2) is 0 Å². The van der Waals surface area contributed by atoms with Gasteiger partial charge in [-0.1, -0.05) is 6.92 Å². The first-order valence-corrected chi connectivity index (χ1v) is 6.03. The molecule has 0 radical (unpaired) electrons. The number of carbonyl (C=O) groups is 1. The fourth-order valence-electron chi connectivity index (χ4n) is 1.34. The summed E-state index contributed by atoms with van der Waals surface area (Å²) in [6.45, 7) is 6.97. The van der Waals surface area contributed by atoms with Crippen LogP contribution >= 0.6 is 0 Å². The molecule has 0 aliphatic carbocycles. The Bertz CT molecular complexity index is 377. The number of nitrogens with one attached hydrogen (secondary N) is 1. The van der Waals surface area contributed by atoms with Crippen molar-refractivity contribution in [3.63, 3.8) is 0 Å². The van der Waals surface area contributed by atoms with E-state index in [2.05, 4.69) is 17.2 Å². The predicted octanol–water partition coefficient (Wildman–Crippen LogP) is 2.38. The molecule has 17 heavy (non-hydrogen) atoms. The second-order valence-corrected chi connectivity index (χ2v) is 4.37. The number of amides is 1. The molecular weight excluding hydrogens is 214 g/mol. The maximum absolute atomic E-state index is 12.0. The van der Waals surface area contributed by atoms with E-state index in [-0.39, 0.29) is 11.9 Å². The van der Waals surface area contributed by atoms with Gasteiger partial charge in [-0.2, -0.15) is 0 Å². The SMILES string of the molecule is CCCNc1ccnc(C(=O)N(C)C(C)C)c1. The Morgan fingerprint density at radius 2 is 2.24 bits per heavy atom. The van der Waals surface area contributed by atoms with Gasteiger partial charge < -0.3 is 10.2 Å². The Kier molecular flexibility index (Phi) is 4.94. The van der Waals surface area contributed by atoms with E-state index in [1.54, 1.807) is 24.2 Å². The zero-order valence-corrected chi connectivity index (χ0v) is 11.0. The van der Waals surface area contributed by atoms with E-state index in [1.165, 1.54) is 0 Å². The van der Waals surface area contributed by atoms with Crippen molar-refractivity contribution < 1.29 is 4.79 Å². The van der Waals surface area contributed by atoms with Crippen molar-refractivity contribution in [2.75, 3.05) is 18.9 Å². The first-order chi connectivity index (χ1) is 8.06. The molecule has 1 N–H and O–H groups in total. The summed E-state index contributed by atoms with van der Waals surface area (Å²) in [5, 5.41) is 3.25. The molecule has 1 rings (SSSR count). The summed E-state index contributed by atoms with van der Waals surface area (Å²) in [4.78, 5) is 17.9. The molecule has 1 aromatic heterocycles. The summed E-state index contributed by atoms with van der Waals surface area (Å²) in [5.74, 6) is -0.0415. The van der Waals surface area contributed by atoms with Gasteiger partial charge >= 0.3 is 0 Å². The minimum atomic E-state index is -0.0415. The predicted molar refractivity (Wildman–Crippen MR) is 70.2 cm³/mol. The Balaban J connectivity index is 2.80. The largest absolute Gasteiger partial charge is 0.385 e. The normalized spacial score (nSPS) is 10.4. The van der Waals surface area contributed by atoms with Crippen LogP contribution in [0.25, 0.3) is 0 Å². The molecule has 1 amide bonds. The summed E-state index contributed by atoms with van der Waals surface area (Å²) in [6.07, 6.45) is 2.72. The van der Waals surface area contributed by atoms with Crippen molar-refractivity contribution in [2.45, 2.75) is 33.2 Å². The highest BCUT2D eigenvalue weighted by Gasteiger charge is 2.15. The maximum Gasteiger partial charge on any atom is 0.272 e. The minimum absolute atomic E-state index is 0.0415. The van der Waals surface area contributed by atoms with Crippen LogP contribution < -0.4 is 5.32 Å². The van der Waals surface area contributed by atoms with Gasteiger partial charge in [-0.25, -0.2) is 0 Å². The second-order valence-electron chi connectivity index (χ2n) is 4.37. The number of hydrogen-bond donors (Lipinski definition) is 1. The Morgan fingerprint density at radius 3 is 2.82 bits per heavy atom. The molecule has 0 bridgehead atoms. The zero-order valence-electron chi connectivity index (χ0n) is 11.0. The van der Waals surface area contributed by atoms with E-state index in [1.807, 2.05) is 19.9 Å². The van der Waals surface area contributed by atoms with Crippen LogP contribution in [0.1, 0.15) is 37.7 Å². The van der Waals surface area contributed by atoms with Crippen molar-refractivity contribution in [1.82, 2.24) is 9.88 Å². The van der Waals surface area contributed by atoms with Gasteiger partial charge in [0.1, 0.15) is 5.69 Å². The van der Waals surface area contributed by atoms with E-state index in [0.29, 0.717) is 5.69 Å². The molecule has 0 saturated heterocycles. The first kappa shape index (κ1) is 13.5. The number of aromatic nitrogens is 1. The zero-order chi connectivity index (χ0) is 12.8. The number of hydrogen-bond acceptors (Lipinski definition) is 3. The lowest BCUT2D eigenvalue weighted by atomic mass is 10.2. The van der Waals surface area contributed by atoms with E-state index in [0.717, 1.165) is 18.7 Å². The van der Waals surface area contributed by atoms with Crippen LogP contribution in [0.4, 0.5) is 5.69 Å². The molecule has 0 fully saturated rings. The molecular formula is C13H21N3O. The third-order valence-corrected chi connectivity index (χ3v) is 2.65. The van der Waals surface area contributed by atoms with Crippen LogP contribution in [0.5, 0.6) is 0 Å². The third-order valence-electron chi connectivity index (χ3n) is 2.65. The summed E-state index contributed by atoms with van der Waals surface area (Å²) in [6, 6.07) is 3.86. The number of pyridine rings is 1. The van der Waals surface area contributed by atoms with Crippen molar-refractivity contribution in [2.24, 2.45) is 0 Å². The molecule has 0 aliphatic heterocycles. The monoisotopic (exact) mass is 235 g/mol. The average Bonchev–Trinajstić information content (AvgIpc) is 2.34. The Labute approximate surface area is 103 Å². The highest BCUT2D eigenvalue weighted by molar-refractivity contribution is 5.93. The van der Waals surface area contributed by atoms with Crippen molar-refractivity contribution in [1.29, 1.82) is 0 Å². The summed E-state index contributed by atoms with van der Waals surface area (Å²) >= 11 is 0. The van der Waals surface area contributed by atoms with Gasteiger partial charge in [0.25, 0.3) is 5.91 Å². The lowest BCUT2D eigenvalue weighted by Gasteiger charge is -2.21. The minimum Gasteiger partial charge on any atom is -0.385 e. The van der Waals surface area contributed by atoms with E-state index in [9.17, 15) is 4.79 Å². The van der Waals surface area contributed by atoms with Gasteiger partial charge in [-0.3, -0.25) is 9.78 Å². The summed E-state index contributed by atoms with van der Waals surface area (Å²) in [7, 11) is 1.79. The molecule has 1 heterocycles.